The normalized spacial score (nSPS) is 13.8. The summed E-state index contributed by atoms with van der Waals surface area (Å²) in [5.74, 6) is -0.852. The second-order valence-corrected chi connectivity index (χ2v) is 4.20. The third kappa shape index (κ3) is 3.36. The number of carbonyl (C=O) groups is 1. The Morgan fingerprint density at radius 1 is 1.67 bits per heavy atom. The Balaban J connectivity index is 2.49. The number of aliphatic carboxylic acids is 1. The molecular formula is C10H17N3O2. The van der Waals surface area contributed by atoms with Gasteiger partial charge in [-0.25, -0.2) is 0 Å². The van der Waals surface area contributed by atoms with Gasteiger partial charge in [0.15, 0.2) is 0 Å². The summed E-state index contributed by atoms with van der Waals surface area (Å²) < 4.78 is 1.77. The summed E-state index contributed by atoms with van der Waals surface area (Å²) >= 11 is 0. The third-order valence-electron chi connectivity index (χ3n) is 2.16. The second kappa shape index (κ2) is 4.44. The quantitative estimate of drug-likeness (QED) is 0.753. The summed E-state index contributed by atoms with van der Waals surface area (Å²) in [6, 6.07) is 1.89. The number of nitrogens with one attached hydrogen (secondary N) is 1. The number of aromatic nitrogens is 2. The molecule has 0 aromatic carbocycles. The topological polar surface area (TPSA) is 67.2 Å². The van der Waals surface area contributed by atoms with Crippen molar-refractivity contribution < 1.29 is 9.90 Å². The molecule has 0 bridgehead atoms. The molecule has 0 spiro atoms. The minimum absolute atomic E-state index is 0.0519. The molecule has 84 valence electrons. The van der Waals surface area contributed by atoms with Crippen molar-refractivity contribution in [2.75, 3.05) is 0 Å². The molecule has 1 aromatic heterocycles. The van der Waals surface area contributed by atoms with E-state index in [-0.39, 0.29) is 6.04 Å². The smallest absolute Gasteiger partial charge is 0.323 e. The number of carboxylic acid groups (broad SMARTS) is 1. The van der Waals surface area contributed by atoms with Crippen LogP contribution in [0.3, 0.4) is 0 Å². The van der Waals surface area contributed by atoms with Gasteiger partial charge in [-0.15, -0.1) is 0 Å². The molecule has 0 amide bonds. The minimum atomic E-state index is -0.910. The van der Waals surface area contributed by atoms with E-state index in [2.05, 4.69) is 10.4 Å². The molecular weight excluding hydrogens is 194 g/mol. The second-order valence-electron chi connectivity index (χ2n) is 4.20. The Hall–Kier alpha value is -1.36. The SMILES string of the molecule is CC(Cn1cccn1)NC(C)(C)C(=O)O. The van der Waals surface area contributed by atoms with Crippen LogP contribution in [0.1, 0.15) is 20.8 Å². The van der Waals surface area contributed by atoms with Gasteiger partial charge in [0, 0.05) is 18.4 Å². The van der Waals surface area contributed by atoms with E-state index >= 15 is 0 Å². The van der Waals surface area contributed by atoms with Gasteiger partial charge in [0.2, 0.25) is 0 Å². The largest absolute Gasteiger partial charge is 0.480 e. The predicted molar refractivity (Wildman–Crippen MR) is 56.5 cm³/mol. The molecule has 1 aromatic rings. The first-order valence-electron chi connectivity index (χ1n) is 4.90. The number of nitrogens with zero attached hydrogens (tertiary/aromatic N) is 2. The average molecular weight is 211 g/mol. The molecule has 0 radical (unpaired) electrons. The third-order valence-corrected chi connectivity index (χ3v) is 2.16. The van der Waals surface area contributed by atoms with Crippen LogP contribution in [0.15, 0.2) is 18.5 Å². The lowest BCUT2D eigenvalue weighted by Crippen LogP contribution is -2.51. The van der Waals surface area contributed by atoms with Gasteiger partial charge in [-0.3, -0.25) is 14.8 Å². The Labute approximate surface area is 89.1 Å². The number of hydrogen-bond acceptors (Lipinski definition) is 3. The van der Waals surface area contributed by atoms with Gasteiger partial charge in [0.05, 0.1) is 6.54 Å². The Bertz CT molecular complexity index is 319. The maximum absolute atomic E-state index is 10.9. The lowest BCUT2D eigenvalue weighted by Gasteiger charge is -2.25. The Morgan fingerprint density at radius 2 is 2.33 bits per heavy atom. The average Bonchev–Trinajstić information content (AvgIpc) is 2.54. The van der Waals surface area contributed by atoms with Crippen molar-refractivity contribution >= 4 is 5.97 Å². The summed E-state index contributed by atoms with van der Waals surface area (Å²) in [4.78, 5) is 10.9. The van der Waals surface area contributed by atoms with E-state index in [0.29, 0.717) is 6.54 Å². The van der Waals surface area contributed by atoms with E-state index in [1.165, 1.54) is 0 Å². The van der Waals surface area contributed by atoms with Gasteiger partial charge in [0.1, 0.15) is 5.54 Å². The van der Waals surface area contributed by atoms with Gasteiger partial charge in [-0.2, -0.15) is 5.10 Å². The van der Waals surface area contributed by atoms with E-state index < -0.39 is 11.5 Å². The standard InChI is InChI=1S/C10H17N3O2/c1-8(7-13-6-4-5-11-13)12-10(2,3)9(14)15/h4-6,8,12H,7H2,1-3H3,(H,14,15). The Kier molecular flexibility index (Phi) is 3.47. The summed E-state index contributed by atoms with van der Waals surface area (Å²) in [6.45, 7) is 5.89. The summed E-state index contributed by atoms with van der Waals surface area (Å²) in [5.41, 5.74) is -0.910. The fourth-order valence-electron chi connectivity index (χ4n) is 1.41. The van der Waals surface area contributed by atoms with E-state index in [1.54, 1.807) is 24.7 Å². The fraction of sp³-hybridized carbons (Fsp3) is 0.600. The predicted octanol–water partition coefficient (Wildman–Crippen LogP) is 0.724. The van der Waals surface area contributed by atoms with Crippen LogP contribution in [0.5, 0.6) is 0 Å². The summed E-state index contributed by atoms with van der Waals surface area (Å²) in [5, 5.41) is 16.0. The fourth-order valence-corrected chi connectivity index (χ4v) is 1.41. The van der Waals surface area contributed by atoms with Crippen LogP contribution in [0.4, 0.5) is 0 Å². The molecule has 0 saturated heterocycles. The highest BCUT2D eigenvalue weighted by atomic mass is 16.4. The van der Waals surface area contributed by atoms with E-state index in [9.17, 15) is 4.79 Å². The van der Waals surface area contributed by atoms with Crippen LogP contribution >= 0.6 is 0 Å². The zero-order valence-corrected chi connectivity index (χ0v) is 9.27. The van der Waals surface area contributed by atoms with Crippen molar-refractivity contribution in [3.8, 4) is 0 Å². The molecule has 0 aliphatic heterocycles. The highest BCUT2D eigenvalue weighted by Crippen LogP contribution is 2.04. The molecule has 5 heteroatoms. The van der Waals surface area contributed by atoms with E-state index in [0.717, 1.165) is 0 Å². The van der Waals surface area contributed by atoms with Crippen LogP contribution in [0, 0.1) is 0 Å². The number of rotatable bonds is 5. The van der Waals surface area contributed by atoms with Gasteiger partial charge < -0.3 is 5.11 Å². The maximum Gasteiger partial charge on any atom is 0.323 e. The zero-order chi connectivity index (χ0) is 11.5. The van der Waals surface area contributed by atoms with Crippen LogP contribution < -0.4 is 5.32 Å². The first-order chi connectivity index (χ1) is 6.92. The molecule has 2 N–H and O–H groups in total. The van der Waals surface area contributed by atoms with Gasteiger partial charge >= 0.3 is 5.97 Å². The van der Waals surface area contributed by atoms with E-state index in [4.69, 9.17) is 5.11 Å². The lowest BCUT2D eigenvalue weighted by molar-refractivity contribution is -0.143. The van der Waals surface area contributed by atoms with Crippen molar-refractivity contribution in [2.24, 2.45) is 0 Å². The number of hydrogen-bond donors (Lipinski definition) is 2. The van der Waals surface area contributed by atoms with Crippen molar-refractivity contribution in [3.05, 3.63) is 18.5 Å². The van der Waals surface area contributed by atoms with Crippen molar-refractivity contribution in [1.82, 2.24) is 15.1 Å². The molecule has 0 aliphatic rings. The first-order valence-corrected chi connectivity index (χ1v) is 4.90. The summed E-state index contributed by atoms with van der Waals surface area (Å²) in [6.07, 6.45) is 3.56. The maximum atomic E-state index is 10.9. The van der Waals surface area contributed by atoms with Crippen molar-refractivity contribution in [1.29, 1.82) is 0 Å². The number of carboxylic acids is 1. The zero-order valence-electron chi connectivity index (χ0n) is 9.27. The van der Waals surface area contributed by atoms with Crippen LogP contribution in [0.25, 0.3) is 0 Å². The first kappa shape index (κ1) is 11.7. The lowest BCUT2D eigenvalue weighted by atomic mass is 10.0. The molecule has 1 atom stereocenters. The van der Waals surface area contributed by atoms with Crippen molar-refractivity contribution in [3.63, 3.8) is 0 Å². The monoisotopic (exact) mass is 211 g/mol. The molecule has 0 fully saturated rings. The van der Waals surface area contributed by atoms with Crippen LogP contribution in [-0.4, -0.2) is 32.4 Å². The molecule has 1 unspecified atom stereocenters. The molecule has 1 rings (SSSR count). The van der Waals surface area contributed by atoms with Crippen molar-refractivity contribution in [2.45, 2.75) is 38.9 Å². The molecule has 5 nitrogen and oxygen atoms in total. The van der Waals surface area contributed by atoms with Gasteiger partial charge in [0.25, 0.3) is 0 Å². The minimum Gasteiger partial charge on any atom is -0.480 e. The molecule has 0 saturated carbocycles. The van der Waals surface area contributed by atoms with E-state index in [1.807, 2.05) is 19.2 Å². The van der Waals surface area contributed by atoms with Gasteiger partial charge in [-0.1, -0.05) is 0 Å². The summed E-state index contributed by atoms with van der Waals surface area (Å²) in [7, 11) is 0. The molecule has 15 heavy (non-hydrogen) atoms. The molecule has 1 heterocycles. The van der Waals surface area contributed by atoms with Crippen LogP contribution in [0.2, 0.25) is 0 Å². The van der Waals surface area contributed by atoms with Crippen LogP contribution in [-0.2, 0) is 11.3 Å². The highest BCUT2D eigenvalue weighted by Gasteiger charge is 2.28. The highest BCUT2D eigenvalue weighted by molar-refractivity contribution is 5.77. The Morgan fingerprint density at radius 3 is 2.80 bits per heavy atom. The molecule has 0 aliphatic carbocycles. The van der Waals surface area contributed by atoms with Gasteiger partial charge in [-0.05, 0) is 26.8 Å².